The molecule has 1 heterocycles. The van der Waals surface area contributed by atoms with Gasteiger partial charge in [-0.1, -0.05) is 46.3 Å². The second-order valence-electron chi connectivity index (χ2n) is 16.4. The molecular formula is C34H58O13S. The van der Waals surface area contributed by atoms with Crippen LogP contribution in [-0.4, -0.2) is 117 Å². The molecule has 13 nitrogen and oxygen atoms in total. The Balaban J connectivity index is 1.30. The van der Waals surface area contributed by atoms with Crippen molar-refractivity contribution in [2.24, 2.45) is 46.3 Å². The predicted molar refractivity (Wildman–Crippen MR) is 172 cm³/mol. The normalized spacial score (nSPS) is 48.9. The van der Waals surface area contributed by atoms with E-state index in [-0.39, 0.29) is 42.6 Å². The molecule has 4 saturated carbocycles. The average molecular weight is 707 g/mol. The molecule has 1 aliphatic heterocycles. The summed E-state index contributed by atoms with van der Waals surface area (Å²) in [6.07, 6.45) is -3.41. The van der Waals surface area contributed by atoms with Crippen molar-refractivity contribution >= 4 is 10.4 Å². The lowest BCUT2D eigenvalue weighted by molar-refractivity contribution is -0.298. The summed E-state index contributed by atoms with van der Waals surface area (Å²) in [5.74, 6) is -1.08. The molecule has 0 unspecified atom stereocenters. The Hall–Kier alpha value is -0.750. The summed E-state index contributed by atoms with van der Waals surface area (Å²) in [6.45, 7) is 9.98. The highest BCUT2D eigenvalue weighted by Crippen LogP contribution is 2.70. The van der Waals surface area contributed by atoms with E-state index in [0.29, 0.717) is 32.1 Å². The van der Waals surface area contributed by atoms with Crippen molar-refractivity contribution in [2.75, 3.05) is 13.2 Å². The van der Waals surface area contributed by atoms with E-state index in [4.69, 9.17) is 14.0 Å². The topological polar surface area (TPSA) is 224 Å². The Morgan fingerprint density at radius 2 is 1.65 bits per heavy atom. The van der Waals surface area contributed by atoms with Crippen molar-refractivity contribution < 1.29 is 62.4 Å². The van der Waals surface area contributed by atoms with E-state index >= 15 is 0 Å². The number of aliphatic hydroxyl groups excluding tert-OH is 6. The first kappa shape index (κ1) is 38.5. The second-order valence-corrected chi connectivity index (χ2v) is 17.4. The zero-order chi connectivity index (χ0) is 35.6. The molecule has 0 spiro atoms. The Morgan fingerprint density at radius 1 is 0.979 bits per heavy atom. The molecule has 0 aromatic carbocycles. The molecule has 4 aliphatic carbocycles. The van der Waals surface area contributed by atoms with Gasteiger partial charge >= 0.3 is 10.4 Å². The Kier molecular flexibility index (Phi) is 11.2. The van der Waals surface area contributed by atoms with Crippen molar-refractivity contribution in [1.82, 2.24) is 0 Å². The molecule has 5 fully saturated rings. The van der Waals surface area contributed by atoms with Gasteiger partial charge < -0.3 is 45.2 Å². The molecule has 5 aliphatic rings. The fourth-order valence-electron chi connectivity index (χ4n) is 11.3. The van der Waals surface area contributed by atoms with E-state index in [1.54, 1.807) is 0 Å². The van der Waals surface area contributed by atoms with Gasteiger partial charge in [0.2, 0.25) is 0 Å². The maximum atomic E-state index is 12.7. The van der Waals surface area contributed by atoms with Crippen molar-refractivity contribution in [3.63, 3.8) is 0 Å². The van der Waals surface area contributed by atoms with E-state index in [1.807, 2.05) is 6.08 Å². The number of aliphatic hydroxyl groups is 7. The van der Waals surface area contributed by atoms with Gasteiger partial charge in [0.05, 0.1) is 43.2 Å². The number of ether oxygens (including phenoxy) is 2. The second kappa shape index (κ2) is 14.0. The third kappa shape index (κ3) is 6.79. The number of hydrogen-bond acceptors (Lipinski definition) is 12. The average Bonchev–Trinajstić information content (AvgIpc) is 3.19. The minimum Gasteiger partial charge on any atom is -0.393 e. The highest BCUT2D eigenvalue weighted by atomic mass is 32.3. The Labute approximate surface area is 284 Å². The fraction of sp³-hybridized carbons (Fsp3) is 0.941. The molecule has 48 heavy (non-hydrogen) atoms. The predicted octanol–water partition coefficient (Wildman–Crippen LogP) is 1.31. The van der Waals surface area contributed by atoms with Crippen LogP contribution < -0.4 is 0 Å². The first-order valence-electron chi connectivity index (χ1n) is 17.6. The van der Waals surface area contributed by atoms with Crippen molar-refractivity contribution in [3.05, 3.63) is 11.6 Å². The molecule has 14 heteroatoms. The van der Waals surface area contributed by atoms with Gasteiger partial charge in [0.25, 0.3) is 0 Å². The Morgan fingerprint density at radius 3 is 2.27 bits per heavy atom. The number of fused-ring (bicyclic) bond motifs is 5. The van der Waals surface area contributed by atoms with E-state index in [9.17, 15) is 44.2 Å². The van der Waals surface area contributed by atoms with Crippen molar-refractivity contribution in [2.45, 2.75) is 141 Å². The molecule has 16 atom stereocenters. The standard InChI is InChI=1S/C34H58O13S/c1-17(2)19(10-13-35)7-6-18(3)25-27(38)28(39)30-33(25,5)12-9-24-32(4)11-8-20(14-21(32)22(36)15-34(24,30)41)46-31-29(40)26(37)23(16-45-31)47-48(42,43)44/h10,17-18,20-31,35-41H,6-9,11-16H2,1-5H3,(H,42,43,44)/b19-10-/t18-,20+,21-,22+,23+,24+,25+,26+,27-,28-,29-,30+,31-,32+,33-,34+/m1/s1. The molecule has 5 rings (SSSR count). The largest absolute Gasteiger partial charge is 0.397 e. The molecule has 0 radical (unpaired) electrons. The molecule has 1 saturated heterocycles. The smallest absolute Gasteiger partial charge is 0.393 e. The van der Waals surface area contributed by atoms with Crippen LogP contribution >= 0.6 is 0 Å². The van der Waals surface area contributed by atoms with Gasteiger partial charge in [-0.15, -0.1) is 0 Å². The lowest BCUT2D eigenvalue weighted by atomic mass is 9.42. The Bertz CT molecular complexity index is 1280. The van der Waals surface area contributed by atoms with Crippen LogP contribution in [-0.2, 0) is 24.1 Å². The van der Waals surface area contributed by atoms with Crippen molar-refractivity contribution in [1.29, 1.82) is 0 Å². The summed E-state index contributed by atoms with van der Waals surface area (Å²) in [5.41, 5.74) is -1.32. The van der Waals surface area contributed by atoms with E-state index in [2.05, 4.69) is 38.8 Å². The zero-order valence-electron chi connectivity index (χ0n) is 28.8. The van der Waals surface area contributed by atoms with Crippen LogP contribution in [0.2, 0.25) is 0 Å². The van der Waals surface area contributed by atoms with Gasteiger partial charge in [-0.05, 0) is 85.4 Å². The molecule has 8 N–H and O–H groups in total. The maximum absolute atomic E-state index is 12.7. The van der Waals surface area contributed by atoms with Gasteiger partial charge in [-0.2, -0.15) is 8.42 Å². The van der Waals surface area contributed by atoms with Crippen LogP contribution in [0, 0.1) is 46.3 Å². The van der Waals surface area contributed by atoms with Crippen molar-refractivity contribution in [3.8, 4) is 0 Å². The first-order chi connectivity index (χ1) is 22.3. The zero-order valence-corrected chi connectivity index (χ0v) is 29.6. The highest BCUT2D eigenvalue weighted by molar-refractivity contribution is 7.80. The summed E-state index contributed by atoms with van der Waals surface area (Å²) < 4.78 is 47.1. The van der Waals surface area contributed by atoms with Crippen LogP contribution in [0.5, 0.6) is 0 Å². The van der Waals surface area contributed by atoms with Gasteiger partial charge in [0.1, 0.15) is 18.3 Å². The monoisotopic (exact) mass is 706 g/mol. The van der Waals surface area contributed by atoms with E-state index in [1.165, 1.54) is 0 Å². The molecular weight excluding hydrogens is 648 g/mol. The van der Waals surface area contributed by atoms with Gasteiger partial charge in [-0.25, -0.2) is 4.18 Å². The minimum absolute atomic E-state index is 0.0230. The molecule has 0 aromatic heterocycles. The van der Waals surface area contributed by atoms with Gasteiger partial charge in [-0.3, -0.25) is 4.55 Å². The highest BCUT2D eigenvalue weighted by Gasteiger charge is 2.72. The van der Waals surface area contributed by atoms with Gasteiger partial charge in [0.15, 0.2) is 6.29 Å². The quantitative estimate of drug-likeness (QED) is 0.0913. The van der Waals surface area contributed by atoms with Crippen LogP contribution in [0.3, 0.4) is 0 Å². The van der Waals surface area contributed by atoms with Crippen LogP contribution in [0.4, 0.5) is 0 Å². The lowest BCUT2D eigenvalue weighted by Crippen LogP contribution is -2.69. The number of allylic oxidation sites excluding steroid dienone is 1. The fourth-order valence-corrected chi connectivity index (χ4v) is 11.7. The number of rotatable bonds is 10. The maximum Gasteiger partial charge on any atom is 0.397 e. The minimum atomic E-state index is -4.88. The third-order valence-corrected chi connectivity index (χ3v) is 13.9. The summed E-state index contributed by atoms with van der Waals surface area (Å²) in [7, 11) is -4.88. The summed E-state index contributed by atoms with van der Waals surface area (Å²) in [5, 5.41) is 78.1. The molecule has 0 bridgehead atoms. The number of hydrogen-bond donors (Lipinski definition) is 8. The summed E-state index contributed by atoms with van der Waals surface area (Å²) >= 11 is 0. The van der Waals surface area contributed by atoms with Crippen LogP contribution in [0.15, 0.2) is 11.6 Å². The third-order valence-electron chi connectivity index (χ3n) is 13.4. The van der Waals surface area contributed by atoms with Crippen LogP contribution in [0.1, 0.15) is 86.0 Å². The van der Waals surface area contributed by atoms with E-state index in [0.717, 1.165) is 18.4 Å². The van der Waals surface area contributed by atoms with Crippen LogP contribution in [0.25, 0.3) is 0 Å². The summed E-state index contributed by atoms with van der Waals surface area (Å²) in [6, 6.07) is 0. The summed E-state index contributed by atoms with van der Waals surface area (Å²) in [4.78, 5) is 0. The SMILES string of the molecule is CC(C)/C(=C\CO)CC[C@@H](C)[C@H]1[C@@H](O)[C@@H](O)[C@H]2[C@]1(C)CC[C@H]1[C@@]3(C)CC[C@H](O[C@H]4OC[C@H](OS(=O)(=O)O)[C@H](O)[C@H]4O)C[C@@H]3[C@@H](O)C[C@]12O. The first-order valence-corrected chi connectivity index (χ1v) is 19.0. The molecule has 0 aromatic rings. The van der Waals surface area contributed by atoms with E-state index < -0.39 is 88.4 Å². The van der Waals surface area contributed by atoms with Gasteiger partial charge in [0, 0.05) is 12.3 Å². The molecule has 278 valence electrons. The lowest BCUT2D eigenvalue weighted by Gasteiger charge is -2.66. The molecule has 0 amide bonds.